The van der Waals surface area contributed by atoms with Crippen molar-refractivity contribution < 1.29 is 4.79 Å². The first-order valence-corrected chi connectivity index (χ1v) is 7.51. The van der Waals surface area contributed by atoms with Crippen LogP contribution >= 0.6 is 34.8 Å². The van der Waals surface area contributed by atoms with Gasteiger partial charge in [0.1, 0.15) is 11.6 Å². The molecule has 0 aliphatic rings. The Bertz CT molecular complexity index is 792. The highest BCUT2D eigenvalue weighted by Crippen LogP contribution is 2.22. The van der Waals surface area contributed by atoms with Gasteiger partial charge in [-0.1, -0.05) is 40.9 Å². The second-order valence-corrected chi connectivity index (χ2v) is 5.75. The minimum Gasteiger partial charge on any atom is -0.360 e. The highest BCUT2D eigenvalue weighted by atomic mass is 35.5. The van der Waals surface area contributed by atoms with Gasteiger partial charge in [-0.05, 0) is 36.4 Å². The van der Waals surface area contributed by atoms with Gasteiger partial charge in [-0.2, -0.15) is 5.26 Å². The van der Waals surface area contributed by atoms with Crippen molar-refractivity contribution >= 4 is 52.1 Å². The number of benzene rings is 2. The summed E-state index contributed by atoms with van der Waals surface area (Å²) in [7, 11) is 0. The van der Waals surface area contributed by atoms with Crippen molar-refractivity contribution in [3.8, 4) is 6.07 Å². The van der Waals surface area contributed by atoms with Gasteiger partial charge in [0.15, 0.2) is 0 Å². The first-order chi connectivity index (χ1) is 11.0. The molecule has 2 aromatic carbocycles. The number of nitrogens with one attached hydrogen (secondary N) is 2. The summed E-state index contributed by atoms with van der Waals surface area (Å²) in [5.41, 5.74) is 0.946. The fourth-order valence-electron chi connectivity index (χ4n) is 1.71. The molecule has 116 valence electrons. The van der Waals surface area contributed by atoms with E-state index in [4.69, 9.17) is 40.1 Å². The van der Waals surface area contributed by atoms with Gasteiger partial charge in [0.2, 0.25) is 0 Å². The molecular formula is C16H10Cl3N3O. The zero-order chi connectivity index (χ0) is 16.8. The van der Waals surface area contributed by atoms with Crippen molar-refractivity contribution in [1.29, 1.82) is 5.26 Å². The number of carbonyl (C=O) groups excluding carboxylic acids is 1. The molecule has 7 heteroatoms. The topological polar surface area (TPSA) is 64.9 Å². The summed E-state index contributed by atoms with van der Waals surface area (Å²) in [4.78, 5) is 12.1. The number of nitriles is 1. The summed E-state index contributed by atoms with van der Waals surface area (Å²) in [6.07, 6.45) is 1.28. The Hall–Kier alpha value is -2.19. The molecule has 2 rings (SSSR count). The maximum atomic E-state index is 12.1. The third kappa shape index (κ3) is 5.19. The van der Waals surface area contributed by atoms with E-state index in [1.54, 1.807) is 42.5 Å². The molecule has 0 atom stereocenters. The Morgan fingerprint density at radius 2 is 1.65 bits per heavy atom. The van der Waals surface area contributed by atoms with Crippen molar-refractivity contribution in [2.45, 2.75) is 0 Å². The largest absolute Gasteiger partial charge is 0.360 e. The van der Waals surface area contributed by atoms with Crippen LogP contribution in [0.25, 0.3) is 0 Å². The lowest BCUT2D eigenvalue weighted by Crippen LogP contribution is -2.14. The molecule has 0 fully saturated rings. The quantitative estimate of drug-likeness (QED) is 0.584. The van der Waals surface area contributed by atoms with Crippen LogP contribution in [0.1, 0.15) is 0 Å². The third-order valence-electron chi connectivity index (χ3n) is 2.69. The zero-order valence-corrected chi connectivity index (χ0v) is 13.9. The van der Waals surface area contributed by atoms with Crippen LogP contribution in [-0.2, 0) is 4.79 Å². The predicted molar refractivity (Wildman–Crippen MR) is 93.9 cm³/mol. The predicted octanol–water partition coefficient (Wildman–Crippen LogP) is 5.10. The van der Waals surface area contributed by atoms with E-state index in [9.17, 15) is 4.79 Å². The summed E-state index contributed by atoms with van der Waals surface area (Å²) >= 11 is 17.6. The molecule has 0 bridgehead atoms. The van der Waals surface area contributed by atoms with Gasteiger partial charge < -0.3 is 10.6 Å². The molecule has 2 N–H and O–H groups in total. The second-order valence-electron chi connectivity index (χ2n) is 4.44. The summed E-state index contributed by atoms with van der Waals surface area (Å²) in [5, 5.41) is 15.9. The molecule has 23 heavy (non-hydrogen) atoms. The van der Waals surface area contributed by atoms with E-state index in [0.717, 1.165) is 0 Å². The van der Waals surface area contributed by atoms with Crippen molar-refractivity contribution in [1.82, 2.24) is 0 Å². The van der Waals surface area contributed by atoms with Crippen molar-refractivity contribution in [3.63, 3.8) is 0 Å². The number of anilines is 2. The SMILES string of the molecule is N#CC(=CNc1cc(Cl)cc(Cl)c1)C(=O)Nc1cccc(Cl)c1. The highest BCUT2D eigenvalue weighted by Gasteiger charge is 2.09. The molecule has 2 aromatic rings. The van der Waals surface area contributed by atoms with Crippen LogP contribution in [0.5, 0.6) is 0 Å². The molecular weight excluding hydrogens is 357 g/mol. The lowest BCUT2D eigenvalue weighted by Gasteiger charge is -2.06. The van der Waals surface area contributed by atoms with Gasteiger partial charge >= 0.3 is 0 Å². The molecule has 0 unspecified atom stereocenters. The molecule has 0 saturated heterocycles. The van der Waals surface area contributed by atoms with Crippen LogP contribution in [0.3, 0.4) is 0 Å². The standard InChI is InChI=1S/C16H10Cl3N3O/c17-11-2-1-3-14(5-11)22-16(23)10(8-20)9-21-15-6-12(18)4-13(19)7-15/h1-7,9,21H,(H,22,23). The Balaban J connectivity index is 2.12. The molecule has 0 radical (unpaired) electrons. The van der Waals surface area contributed by atoms with Gasteiger partial charge in [-0.25, -0.2) is 0 Å². The van der Waals surface area contributed by atoms with Gasteiger partial charge in [-0.3, -0.25) is 4.79 Å². The maximum Gasteiger partial charge on any atom is 0.267 e. The number of nitrogens with zero attached hydrogens (tertiary/aromatic N) is 1. The van der Waals surface area contributed by atoms with E-state index in [-0.39, 0.29) is 5.57 Å². The monoisotopic (exact) mass is 365 g/mol. The van der Waals surface area contributed by atoms with Crippen LogP contribution in [0.4, 0.5) is 11.4 Å². The second kappa shape index (κ2) is 7.89. The van der Waals surface area contributed by atoms with Gasteiger partial charge in [0.05, 0.1) is 0 Å². The number of rotatable bonds is 4. The van der Waals surface area contributed by atoms with Crippen LogP contribution in [-0.4, -0.2) is 5.91 Å². The summed E-state index contributed by atoms with van der Waals surface area (Å²) in [6, 6.07) is 13.3. The van der Waals surface area contributed by atoms with E-state index < -0.39 is 5.91 Å². The lowest BCUT2D eigenvalue weighted by atomic mass is 10.2. The van der Waals surface area contributed by atoms with E-state index in [1.807, 2.05) is 6.07 Å². The number of hydrogen-bond acceptors (Lipinski definition) is 3. The van der Waals surface area contributed by atoms with Crippen LogP contribution < -0.4 is 10.6 Å². The van der Waals surface area contributed by atoms with Crippen LogP contribution in [0.2, 0.25) is 15.1 Å². The maximum absolute atomic E-state index is 12.1. The fourth-order valence-corrected chi connectivity index (χ4v) is 2.42. The first-order valence-electron chi connectivity index (χ1n) is 6.38. The Labute approximate surface area is 148 Å². The summed E-state index contributed by atoms with van der Waals surface area (Å²) < 4.78 is 0. The average Bonchev–Trinajstić information content (AvgIpc) is 2.46. The number of amides is 1. The third-order valence-corrected chi connectivity index (χ3v) is 3.36. The molecule has 0 aromatic heterocycles. The number of carbonyl (C=O) groups is 1. The first kappa shape index (κ1) is 17.2. The minimum atomic E-state index is -0.560. The van der Waals surface area contributed by atoms with E-state index in [2.05, 4.69) is 10.6 Å². The molecule has 0 saturated carbocycles. The van der Waals surface area contributed by atoms with Gasteiger partial charge in [-0.15, -0.1) is 0 Å². The Morgan fingerprint density at radius 1 is 1.00 bits per heavy atom. The summed E-state index contributed by atoms with van der Waals surface area (Å²) in [6.45, 7) is 0. The number of hydrogen-bond donors (Lipinski definition) is 2. The summed E-state index contributed by atoms with van der Waals surface area (Å²) in [5.74, 6) is -0.560. The Morgan fingerprint density at radius 3 is 2.26 bits per heavy atom. The molecule has 0 heterocycles. The molecule has 0 aliphatic carbocycles. The van der Waals surface area contributed by atoms with Crippen molar-refractivity contribution in [2.75, 3.05) is 10.6 Å². The lowest BCUT2D eigenvalue weighted by molar-refractivity contribution is -0.112. The fraction of sp³-hybridized carbons (Fsp3) is 0. The van der Waals surface area contributed by atoms with Crippen molar-refractivity contribution in [2.24, 2.45) is 0 Å². The van der Waals surface area contributed by atoms with Gasteiger partial charge in [0.25, 0.3) is 5.91 Å². The van der Waals surface area contributed by atoms with Crippen molar-refractivity contribution in [3.05, 3.63) is 69.3 Å². The van der Waals surface area contributed by atoms with E-state index >= 15 is 0 Å². The molecule has 0 spiro atoms. The molecule has 4 nitrogen and oxygen atoms in total. The Kier molecular flexibility index (Phi) is 5.89. The van der Waals surface area contributed by atoms with Crippen LogP contribution in [0, 0.1) is 11.3 Å². The highest BCUT2D eigenvalue weighted by molar-refractivity contribution is 6.35. The van der Waals surface area contributed by atoms with E-state index in [1.165, 1.54) is 6.20 Å². The minimum absolute atomic E-state index is 0.110. The smallest absolute Gasteiger partial charge is 0.267 e. The van der Waals surface area contributed by atoms with Crippen LogP contribution in [0.15, 0.2) is 54.2 Å². The van der Waals surface area contributed by atoms with E-state index in [0.29, 0.717) is 26.4 Å². The number of halogens is 3. The molecule has 1 amide bonds. The van der Waals surface area contributed by atoms with Gasteiger partial charge in [0, 0.05) is 32.6 Å². The zero-order valence-electron chi connectivity index (χ0n) is 11.6. The molecule has 0 aliphatic heterocycles. The average molecular weight is 367 g/mol. The normalized spacial score (nSPS) is 10.8.